The van der Waals surface area contributed by atoms with Gasteiger partial charge in [0.15, 0.2) is 6.61 Å². The SMILES string of the molecule is CC[C@H](C)NC(=O)[C@H](C)N(Cc1ccccc1F)C(=O)COc1ccc(I)cc1. The molecule has 0 fully saturated rings. The maximum atomic E-state index is 14.2. The highest BCUT2D eigenvalue weighted by molar-refractivity contribution is 14.1. The maximum Gasteiger partial charge on any atom is 0.261 e. The highest BCUT2D eigenvalue weighted by atomic mass is 127. The van der Waals surface area contributed by atoms with E-state index in [4.69, 9.17) is 4.74 Å². The Bertz CT molecular complexity index is 829. The molecule has 0 aliphatic carbocycles. The number of hydrogen-bond acceptors (Lipinski definition) is 3. The Labute approximate surface area is 184 Å². The number of ether oxygens (including phenoxy) is 1. The quantitative estimate of drug-likeness (QED) is 0.514. The minimum atomic E-state index is -0.767. The Hall–Kier alpha value is -2.16. The van der Waals surface area contributed by atoms with Gasteiger partial charge in [-0.25, -0.2) is 4.39 Å². The first-order valence-electron chi connectivity index (χ1n) is 9.53. The first-order chi connectivity index (χ1) is 13.8. The van der Waals surface area contributed by atoms with Crippen LogP contribution in [0.2, 0.25) is 0 Å². The van der Waals surface area contributed by atoms with Crippen LogP contribution in [0.15, 0.2) is 48.5 Å². The molecule has 0 aliphatic rings. The summed E-state index contributed by atoms with van der Waals surface area (Å²) in [6.07, 6.45) is 0.773. The van der Waals surface area contributed by atoms with Crippen molar-refractivity contribution in [3.8, 4) is 5.75 Å². The van der Waals surface area contributed by atoms with Gasteiger partial charge in [-0.15, -0.1) is 0 Å². The van der Waals surface area contributed by atoms with E-state index in [1.165, 1.54) is 11.0 Å². The molecule has 0 aromatic heterocycles. The molecule has 0 aliphatic heterocycles. The number of carbonyl (C=O) groups is 2. The second-order valence-electron chi connectivity index (χ2n) is 6.85. The number of hydrogen-bond donors (Lipinski definition) is 1. The highest BCUT2D eigenvalue weighted by Crippen LogP contribution is 2.16. The molecule has 29 heavy (non-hydrogen) atoms. The first kappa shape index (κ1) is 23.1. The Kier molecular flexibility index (Phi) is 8.88. The number of nitrogens with one attached hydrogen (secondary N) is 1. The second-order valence-corrected chi connectivity index (χ2v) is 8.10. The van der Waals surface area contributed by atoms with Crippen LogP contribution in [0.4, 0.5) is 4.39 Å². The largest absolute Gasteiger partial charge is 0.484 e. The fourth-order valence-corrected chi connectivity index (χ4v) is 2.98. The van der Waals surface area contributed by atoms with Gasteiger partial charge in [0, 0.05) is 21.7 Å². The monoisotopic (exact) mass is 512 g/mol. The molecule has 2 atom stereocenters. The molecule has 156 valence electrons. The van der Waals surface area contributed by atoms with Crippen LogP contribution in [0.3, 0.4) is 0 Å². The van der Waals surface area contributed by atoms with E-state index in [1.807, 2.05) is 26.0 Å². The summed E-state index contributed by atoms with van der Waals surface area (Å²) in [5, 5.41) is 2.88. The molecule has 2 aromatic carbocycles. The summed E-state index contributed by atoms with van der Waals surface area (Å²) in [6, 6.07) is 12.7. The number of nitrogens with zero attached hydrogens (tertiary/aromatic N) is 1. The molecule has 0 heterocycles. The summed E-state index contributed by atoms with van der Waals surface area (Å²) in [7, 11) is 0. The van der Waals surface area contributed by atoms with Gasteiger partial charge in [-0.3, -0.25) is 9.59 Å². The number of halogens is 2. The molecule has 2 amide bonds. The van der Waals surface area contributed by atoms with Gasteiger partial charge in [-0.05, 0) is 73.2 Å². The fourth-order valence-electron chi connectivity index (χ4n) is 2.62. The second kappa shape index (κ2) is 11.1. The van der Waals surface area contributed by atoms with Crippen LogP contribution in [-0.4, -0.2) is 35.4 Å². The lowest BCUT2D eigenvalue weighted by Crippen LogP contribution is -2.50. The van der Waals surface area contributed by atoms with Gasteiger partial charge < -0.3 is 15.0 Å². The Morgan fingerprint density at radius 2 is 1.79 bits per heavy atom. The zero-order valence-electron chi connectivity index (χ0n) is 16.8. The van der Waals surface area contributed by atoms with E-state index in [0.29, 0.717) is 11.3 Å². The molecule has 2 rings (SSSR count). The van der Waals surface area contributed by atoms with Gasteiger partial charge in [0.25, 0.3) is 5.91 Å². The molecule has 0 radical (unpaired) electrons. The van der Waals surface area contributed by atoms with Crippen molar-refractivity contribution in [2.45, 2.75) is 45.8 Å². The summed E-state index contributed by atoms with van der Waals surface area (Å²) in [5.41, 5.74) is 0.346. The van der Waals surface area contributed by atoms with E-state index < -0.39 is 17.8 Å². The molecule has 0 spiro atoms. The molecular formula is C22H26FIN2O3. The molecule has 2 aromatic rings. The third kappa shape index (κ3) is 6.99. The predicted octanol–water partition coefficient (Wildman–Crippen LogP) is 4.14. The Morgan fingerprint density at radius 1 is 1.14 bits per heavy atom. The van der Waals surface area contributed by atoms with Crippen LogP contribution < -0.4 is 10.1 Å². The lowest BCUT2D eigenvalue weighted by molar-refractivity contribution is -0.142. The minimum Gasteiger partial charge on any atom is -0.484 e. The maximum absolute atomic E-state index is 14.2. The van der Waals surface area contributed by atoms with Crippen molar-refractivity contribution in [2.24, 2.45) is 0 Å². The van der Waals surface area contributed by atoms with Gasteiger partial charge in [0.2, 0.25) is 5.91 Å². The van der Waals surface area contributed by atoms with E-state index in [9.17, 15) is 14.0 Å². The van der Waals surface area contributed by atoms with E-state index in [-0.39, 0.29) is 25.1 Å². The van der Waals surface area contributed by atoms with Gasteiger partial charge in [0.05, 0.1) is 0 Å². The summed E-state index contributed by atoms with van der Waals surface area (Å²) < 4.78 is 20.8. The summed E-state index contributed by atoms with van der Waals surface area (Å²) in [5.74, 6) is -0.531. The van der Waals surface area contributed by atoms with Crippen LogP contribution in [-0.2, 0) is 16.1 Å². The fraction of sp³-hybridized carbons (Fsp3) is 0.364. The van der Waals surface area contributed by atoms with E-state index in [0.717, 1.165) is 9.99 Å². The van der Waals surface area contributed by atoms with E-state index in [1.54, 1.807) is 37.3 Å². The van der Waals surface area contributed by atoms with Crippen molar-refractivity contribution >= 4 is 34.4 Å². The average molecular weight is 512 g/mol. The van der Waals surface area contributed by atoms with E-state index in [2.05, 4.69) is 27.9 Å². The highest BCUT2D eigenvalue weighted by Gasteiger charge is 2.27. The number of carbonyl (C=O) groups excluding carboxylic acids is 2. The summed E-state index contributed by atoms with van der Waals surface area (Å²) in [4.78, 5) is 26.9. The smallest absolute Gasteiger partial charge is 0.261 e. The van der Waals surface area contributed by atoms with Gasteiger partial charge in [-0.1, -0.05) is 25.1 Å². The lowest BCUT2D eigenvalue weighted by atomic mass is 10.1. The zero-order valence-corrected chi connectivity index (χ0v) is 19.0. The van der Waals surface area contributed by atoms with Gasteiger partial charge >= 0.3 is 0 Å². The van der Waals surface area contributed by atoms with Crippen molar-refractivity contribution < 1.29 is 18.7 Å². The molecule has 1 N–H and O–H groups in total. The Balaban J connectivity index is 2.15. The van der Waals surface area contributed by atoms with Crippen LogP contribution in [0.1, 0.15) is 32.8 Å². The number of rotatable bonds is 9. The van der Waals surface area contributed by atoms with Crippen LogP contribution >= 0.6 is 22.6 Å². The topological polar surface area (TPSA) is 58.6 Å². The Morgan fingerprint density at radius 3 is 2.41 bits per heavy atom. The van der Waals surface area contributed by atoms with Crippen molar-refractivity contribution in [3.05, 3.63) is 63.5 Å². The number of amides is 2. The summed E-state index contributed by atoms with van der Waals surface area (Å²) in [6.45, 7) is 5.24. The molecule has 0 bridgehead atoms. The molecule has 7 heteroatoms. The predicted molar refractivity (Wildman–Crippen MR) is 119 cm³/mol. The summed E-state index contributed by atoms with van der Waals surface area (Å²) >= 11 is 2.18. The third-order valence-electron chi connectivity index (χ3n) is 4.64. The molecule has 0 saturated carbocycles. The lowest BCUT2D eigenvalue weighted by Gasteiger charge is -2.29. The standard InChI is InChI=1S/C22H26FIN2O3/c1-4-15(2)25-22(28)16(3)26(13-17-7-5-6-8-20(17)23)21(27)14-29-19-11-9-18(24)10-12-19/h5-12,15-16H,4,13-14H2,1-3H3,(H,25,28)/t15-,16-/m0/s1. The van der Waals surface area contributed by atoms with Gasteiger partial charge in [0.1, 0.15) is 17.6 Å². The van der Waals surface area contributed by atoms with Crippen molar-refractivity contribution in [1.82, 2.24) is 10.2 Å². The normalized spacial score (nSPS) is 12.7. The van der Waals surface area contributed by atoms with Crippen LogP contribution in [0.25, 0.3) is 0 Å². The number of benzene rings is 2. The van der Waals surface area contributed by atoms with Gasteiger partial charge in [-0.2, -0.15) is 0 Å². The van der Waals surface area contributed by atoms with Crippen molar-refractivity contribution in [1.29, 1.82) is 0 Å². The zero-order chi connectivity index (χ0) is 21.4. The minimum absolute atomic E-state index is 0.0154. The van der Waals surface area contributed by atoms with E-state index >= 15 is 0 Å². The van der Waals surface area contributed by atoms with Crippen molar-refractivity contribution in [3.63, 3.8) is 0 Å². The third-order valence-corrected chi connectivity index (χ3v) is 5.36. The van der Waals surface area contributed by atoms with Crippen molar-refractivity contribution in [2.75, 3.05) is 6.61 Å². The van der Waals surface area contributed by atoms with Crippen LogP contribution in [0, 0.1) is 9.39 Å². The first-order valence-corrected chi connectivity index (χ1v) is 10.6. The average Bonchev–Trinajstić information content (AvgIpc) is 2.71. The molecule has 0 unspecified atom stereocenters. The molecule has 0 saturated heterocycles. The molecular weight excluding hydrogens is 486 g/mol. The van der Waals surface area contributed by atoms with Crippen LogP contribution in [0.5, 0.6) is 5.75 Å². The molecule has 5 nitrogen and oxygen atoms in total.